The molecule has 0 spiro atoms. The van der Waals surface area contributed by atoms with Crippen LogP contribution >= 0.6 is 0 Å². The average molecular weight is 553 g/mol. The summed E-state index contributed by atoms with van der Waals surface area (Å²) in [5.74, 6) is -2.00. The van der Waals surface area contributed by atoms with E-state index in [-0.39, 0.29) is 23.6 Å². The minimum absolute atomic E-state index is 0.139. The summed E-state index contributed by atoms with van der Waals surface area (Å²) in [7, 11) is 0. The SMILES string of the molecule is CCCCCCCC1OCC(c2ccc(-c3ccc(-c4ccc(CCCCCC)c(F)c4F)cc3)cc2F)CO1. The largest absolute Gasteiger partial charge is 0.352 e. The molecule has 5 heteroatoms. The Kier molecular flexibility index (Phi) is 11.7. The number of ether oxygens (including phenoxy) is 2. The van der Waals surface area contributed by atoms with Crippen LogP contribution in [0.4, 0.5) is 13.2 Å². The van der Waals surface area contributed by atoms with E-state index >= 15 is 4.39 Å². The number of unbranched alkanes of at least 4 members (excludes halogenated alkanes) is 7. The van der Waals surface area contributed by atoms with Crippen LogP contribution in [0.3, 0.4) is 0 Å². The maximum Gasteiger partial charge on any atom is 0.166 e. The van der Waals surface area contributed by atoms with E-state index in [9.17, 15) is 8.78 Å². The number of benzene rings is 3. The Morgan fingerprint density at radius 3 is 1.95 bits per heavy atom. The summed E-state index contributed by atoms with van der Waals surface area (Å²) in [6.45, 7) is 5.23. The topological polar surface area (TPSA) is 18.5 Å². The van der Waals surface area contributed by atoms with E-state index in [1.54, 1.807) is 30.3 Å². The highest BCUT2D eigenvalue weighted by molar-refractivity contribution is 5.71. The maximum atomic E-state index is 15.1. The second kappa shape index (κ2) is 15.4. The van der Waals surface area contributed by atoms with Crippen molar-refractivity contribution in [2.45, 2.75) is 96.7 Å². The third-order valence-electron chi connectivity index (χ3n) is 7.94. The lowest BCUT2D eigenvalue weighted by molar-refractivity contribution is -0.190. The van der Waals surface area contributed by atoms with Gasteiger partial charge in [0.05, 0.1) is 13.2 Å². The lowest BCUT2D eigenvalue weighted by Crippen LogP contribution is -2.31. The molecule has 4 rings (SSSR count). The Hall–Kier alpha value is -2.63. The Labute approximate surface area is 237 Å². The molecule has 0 atom stereocenters. The summed E-state index contributed by atoms with van der Waals surface area (Å²) in [5.41, 5.74) is 3.38. The molecule has 0 aromatic heterocycles. The first-order valence-corrected chi connectivity index (χ1v) is 15.1. The van der Waals surface area contributed by atoms with Gasteiger partial charge in [0.1, 0.15) is 5.82 Å². The van der Waals surface area contributed by atoms with Crippen LogP contribution in [0.2, 0.25) is 0 Å². The highest BCUT2D eigenvalue weighted by atomic mass is 19.2. The zero-order valence-electron chi connectivity index (χ0n) is 24.0. The minimum Gasteiger partial charge on any atom is -0.352 e. The van der Waals surface area contributed by atoms with Crippen LogP contribution < -0.4 is 0 Å². The minimum atomic E-state index is -0.813. The summed E-state index contributed by atoms with van der Waals surface area (Å²) in [5, 5.41) is 0. The van der Waals surface area contributed by atoms with Gasteiger partial charge in [-0.2, -0.15) is 0 Å². The lowest BCUT2D eigenvalue weighted by Gasteiger charge is -2.30. The molecule has 2 nitrogen and oxygen atoms in total. The Bertz CT molecular complexity index is 1200. The van der Waals surface area contributed by atoms with E-state index in [0.717, 1.165) is 49.7 Å². The van der Waals surface area contributed by atoms with Gasteiger partial charge in [0.2, 0.25) is 0 Å². The van der Waals surface area contributed by atoms with E-state index < -0.39 is 11.6 Å². The molecule has 3 aromatic carbocycles. The molecule has 1 heterocycles. The van der Waals surface area contributed by atoms with Gasteiger partial charge < -0.3 is 9.47 Å². The Morgan fingerprint density at radius 1 is 0.650 bits per heavy atom. The number of aryl methyl sites for hydroxylation is 1. The van der Waals surface area contributed by atoms with Gasteiger partial charge in [0.15, 0.2) is 17.9 Å². The molecule has 1 fully saturated rings. The van der Waals surface area contributed by atoms with Crippen molar-refractivity contribution in [3.05, 3.63) is 83.2 Å². The van der Waals surface area contributed by atoms with Crippen LogP contribution in [0.5, 0.6) is 0 Å². The monoisotopic (exact) mass is 552 g/mol. The normalized spacial score (nSPS) is 17.3. The quantitative estimate of drug-likeness (QED) is 0.185. The van der Waals surface area contributed by atoms with E-state index in [4.69, 9.17) is 9.47 Å². The van der Waals surface area contributed by atoms with Crippen molar-refractivity contribution in [1.29, 1.82) is 0 Å². The van der Waals surface area contributed by atoms with Crippen LogP contribution in [-0.2, 0) is 15.9 Å². The molecule has 3 aromatic rings. The molecule has 0 aliphatic carbocycles. The van der Waals surface area contributed by atoms with Crippen LogP contribution in [0.15, 0.2) is 54.6 Å². The summed E-state index contributed by atoms with van der Waals surface area (Å²) in [4.78, 5) is 0. The fraction of sp³-hybridized carbons (Fsp3) is 0.486. The summed E-state index contributed by atoms with van der Waals surface area (Å²) < 4.78 is 56.5. The predicted molar refractivity (Wildman–Crippen MR) is 157 cm³/mol. The number of halogens is 3. The molecule has 0 bridgehead atoms. The molecule has 1 aliphatic heterocycles. The number of rotatable bonds is 14. The molecule has 0 amide bonds. The van der Waals surface area contributed by atoms with Gasteiger partial charge in [-0.3, -0.25) is 0 Å². The molecular weight excluding hydrogens is 509 g/mol. The number of hydrogen-bond acceptors (Lipinski definition) is 2. The lowest BCUT2D eigenvalue weighted by atomic mass is 9.94. The Morgan fingerprint density at radius 2 is 1.27 bits per heavy atom. The van der Waals surface area contributed by atoms with Gasteiger partial charge in [0, 0.05) is 11.5 Å². The molecule has 0 radical (unpaired) electrons. The third-order valence-corrected chi connectivity index (χ3v) is 7.94. The third kappa shape index (κ3) is 7.98. The predicted octanol–water partition coefficient (Wildman–Crippen LogP) is 10.4. The molecule has 0 unspecified atom stereocenters. The summed E-state index contributed by atoms with van der Waals surface area (Å²) in [6, 6.07) is 15.7. The Balaban J connectivity index is 1.35. The van der Waals surface area contributed by atoms with Gasteiger partial charge in [-0.05, 0) is 59.6 Å². The second-order valence-electron chi connectivity index (χ2n) is 11.0. The molecular formula is C35H43F3O2. The molecule has 40 heavy (non-hydrogen) atoms. The van der Waals surface area contributed by atoms with Crippen molar-refractivity contribution in [1.82, 2.24) is 0 Å². The zero-order valence-corrected chi connectivity index (χ0v) is 24.0. The van der Waals surface area contributed by atoms with Gasteiger partial charge in [-0.1, -0.05) is 107 Å². The first kappa shape index (κ1) is 30.3. The van der Waals surface area contributed by atoms with Crippen molar-refractivity contribution in [3.8, 4) is 22.3 Å². The zero-order chi connectivity index (χ0) is 28.3. The van der Waals surface area contributed by atoms with Crippen LogP contribution in [-0.4, -0.2) is 19.5 Å². The van der Waals surface area contributed by atoms with E-state index in [1.807, 2.05) is 18.2 Å². The van der Waals surface area contributed by atoms with E-state index in [2.05, 4.69) is 13.8 Å². The highest BCUT2D eigenvalue weighted by Crippen LogP contribution is 2.32. The number of hydrogen-bond donors (Lipinski definition) is 0. The van der Waals surface area contributed by atoms with Crippen LogP contribution in [0.25, 0.3) is 22.3 Å². The first-order valence-electron chi connectivity index (χ1n) is 15.1. The average Bonchev–Trinajstić information content (AvgIpc) is 2.98. The molecule has 1 saturated heterocycles. The van der Waals surface area contributed by atoms with Gasteiger partial charge in [-0.25, -0.2) is 13.2 Å². The van der Waals surface area contributed by atoms with Crippen LogP contribution in [0.1, 0.15) is 95.1 Å². The summed E-state index contributed by atoms with van der Waals surface area (Å²) in [6.07, 6.45) is 11.3. The molecule has 0 saturated carbocycles. The van der Waals surface area contributed by atoms with Crippen molar-refractivity contribution < 1.29 is 22.6 Å². The van der Waals surface area contributed by atoms with Crippen molar-refractivity contribution in [3.63, 3.8) is 0 Å². The smallest absolute Gasteiger partial charge is 0.166 e. The van der Waals surface area contributed by atoms with Crippen molar-refractivity contribution in [2.24, 2.45) is 0 Å². The second-order valence-corrected chi connectivity index (χ2v) is 11.0. The standard InChI is InChI=1S/C35H43F3O2/c1-3-5-7-9-11-13-33-39-23-29(24-40-33)30-20-19-28(22-32(30)36)25-14-16-26(17-15-25)31-21-18-27(34(37)35(31)38)12-10-8-6-4-2/h14-22,29,33H,3-13,23-24H2,1-2H3. The van der Waals surface area contributed by atoms with Crippen LogP contribution in [0, 0.1) is 17.5 Å². The van der Waals surface area contributed by atoms with E-state index in [1.165, 1.54) is 31.7 Å². The fourth-order valence-electron chi connectivity index (χ4n) is 5.43. The van der Waals surface area contributed by atoms with Gasteiger partial charge >= 0.3 is 0 Å². The fourth-order valence-corrected chi connectivity index (χ4v) is 5.43. The van der Waals surface area contributed by atoms with Gasteiger partial charge in [0.25, 0.3) is 0 Å². The van der Waals surface area contributed by atoms with Crippen molar-refractivity contribution >= 4 is 0 Å². The van der Waals surface area contributed by atoms with E-state index in [0.29, 0.717) is 36.3 Å². The molecule has 1 aliphatic rings. The van der Waals surface area contributed by atoms with Gasteiger partial charge in [-0.15, -0.1) is 0 Å². The summed E-state index contributed by atoms with van der Waals surface area (Å²) >= 11 is 0. The molecule has 0 N–H and O–H groups in total. The van der Waals surface area contributed by atoms with Crippen molar-refractivity contribution in [2.75, 3.05) is 13.2 Å². The highest BCUT2D eigenvalue weighted by Gasteiger charge is 2.25. The first-order chi connectivity index (χ1) is 19.5. The molecule has 216 valence electrons. The maximum absolute atomic E-state index is 15.1.